The fourth-order valence-electron chi connectivity index (χ4n) is 3.63. The number of aryl methyl sites for hydroxylation is 2. The van der Waals surface area contributed by atoms with Gasteiger partial charge in [-0.1, -0.05) is 0 Å². The summed E-state index contributed by atoms with van der Waals surface area (Å²) in [5.41, 5.74) is 3.19. The van der Waals surface area contributed by atoms with Crippen molar-refractivity contribution in [3.8, 4) is 0 Å². The monoisotopic (exact) mass is 317 g/mol. The second-order valence-electron chi connectivity index (χ2n) is 8.12. The largest absolute Gasteiger partial charge is 0.444 e. The third-order valence-electron chi connectivity index (χ3n) is 4.57. The van der Waals surface area contributed by atoms with Gasteiger partial charge >= 0.3 is 6.09 Å². The fraction of sp³-hybridized carbons (Fsp3) is 0.667. The lowest BCUT2D eigenvalue weighted by Crippen LogP contribution is -2.60. The van der Waals surface area contributed by atoms with Gasteiger partial charge in [0.2, 0.25) is 0 Å². The number of hydrogen-bond donors (Lipinski definition) is 0. The lowest BCUT2D eigenvalue weighted by Gasteiger charge is -2.47. The zero-order chi connectivity index (χ0) is 16.8. The molecule has 0 unspecified atom stereocenters. The van der Waals surface area contributed by atoms with Gasteiger partial charge in [0.25, 0.3) is 0 Å². The Labute approximate surface area is 138 Å². The van der Waals surface area contributed by atoms with Gasteiger partial charge in [0.1, 0.15) is 5.60 Å². The van der Waals surface area contributed by atoms with Crippen LogP contribution in [0.5, 0.6) is 0 Å². The Morgan fingerprint density at radius 1 is 1.17 bits per heavy atom. The molecule has 1 aromatic rings. The van der Waals surface area contributed by atoms with E-state index in [9.17, 15) is 4.79 Å². The number of carbonyl (C=O) groups is 1. The molecule has 0 saturated carbocycles. The van der Waals surface area contributed by atoms with E-state index in [0.29, 0.717) is 0 Å². The average Bonchev–Trinajstić information content (AvgIpc) is 2.78. The fourth-order valence-corrected chi connectivity index (χ4v) is 3.63. The summed E-state index contributed by atoms with van der Waals surface area (Å²) in [6.07, 6.45) is 0.948. The first-order valence-corrected chi connectivity index (χ1v) is 8.34. The number of aromatic nitrogens is 1. The Balaban J connectivity index is 1.60. The summed E-state index contributed by atoms with van der Waals surface area (Å²) in [4.78, 5) is 20.8. The van der Waals surface area contributed by atoms with Gasteiger partial charge in [0.15, 0.2) is 0 Å². The van der Waals surface area contributed by atoms with Crippen molar-refractivity contribution in [2.75, 3.05) is 31.1 Å². The molecule has 1 spiro atoms. The van der Waals surface area contributed by atoms with Crippen molar-refractivity contribution >= 4 is 11.8 Å². The Kier molecular flexibility index (Phi) is 3.77. The number of hydrogen-bond acceptors (Lipinski definition) is 4. The first-order chi connectivity index (χ1) is 10.7. The number of anilines is 1. The first kappa shape index (κ1) is 16.1. The maximum absolute atomic E-state index is 12.1. The van der Waals surface area contributed by atoms with E-state index in [-0.39, 0.29) is 11.5 Å². The van der Waals surface area contributed by atoms with E-state index < -0.39 is 5.60 Å². The number of likely N-dealkylation sites (tertiary alicyclic amines) is 1. The molecule has 0 radical (unpaired) electrons. The summed E-state index contributed by atoms with van der Waals surface area (Å²) in [7, 11) is 0. The molecule has 0 aliphatic carbocycles. The smallest absolute Gasteiger partial charge is 0.410 e. The van der Waals surface area contributed by atoms with Gasteiger partial charge in [0, 0.05) is 48.7 Å². The highest BCUT2D eigenvalue weighted by Crippen LogP contribution is 2.41. The van der Waals surface area contributed by atoms with Gasteiger partial charge < -0.3 is 14.5 Å². The number of nitrogens with zero attached hydrogens (tertiary/aromatic N) is 3. The standard InChI is InChI=1S/C18H27N3O2/c1-13-8-15(9-14(2)19-13)20-7-6-18(10-20)11-21(12-18)16(22)23-17(3,4)5/h8-9H,6-7,10-12H2,1-5H3. The summed E-state index contributed by atoms with van der Waals surface area (Å²) >= 11 is 0. The van der Waals surface area contributed by atoms with Gasteiger partial charge in [-0.2, -0.15) is 0 Å². The Morgan fingerprint density at radius 2 is 1.78 bits per heavy atom. The molecule has 2 saturated heterocycles. The predicted octanol–water partition coefficient (Wildman–Crippen LogP) is 3.15. The molecule has 5 nitrogen and oxygen atoms in total. The molecular weight excluding hydrogens is 290 g/mol. The van der Waals surface area contributed by atoms with Crippen molar-refractivity contribution in [1.82, 2.24) is 9.88 Å². The Hall–Kier alpha value is -1.78. The molecule has 3 rings (SSSR count). The Morgan fingerprint density at radius 3 is 2.35 bits per heavy atom. The summed E-state index contributed by atoms with van der Waals surface area (Å²) in [6.45, 7) is 13.5. The quantitative estimate of drug-likeness (QED) is 0.798. The van der Waals surface area contributed by atoms with Gasteiger partial charge in [-0.3, -0.25) is 4.98 Å². The molecule has 1 amide bonds. The van der Waals surface area contributed by atoms with Crippen LogP contribution in [0.3, 0.4) is 0 Å². The molecule has 23 heavy (non-hydrogen) atoms. The van der Waals surface area contributed by atoms with Gasteiger partial charge in [-0.05, 0) is 53.2 Å². The maximum atomic E-state index is 12.1. The van der Waals surface area contributed by atoms with Crippen LogP contribution in [0.4, 0.5) is 10.5 Å². The topological polar surface area (TPSA) is 45.7 Å². The SMILES string of the molecule is Cc1cc(N2CCC3(CN(C(=O)OC(C)(C)C)C3)C2)cc(C)n1. The molecule has 0 atom stereocenters. The van der Waals surface area contributed by atoms with E-state index in [1.807, 2.05) is 39.5 Å². The Bertz CT molecular complexity index is 595. The number of amides is 1. The summed E-state index contributed by atoms with van der Waals surface area (Å²) < 4.78 is 5.45. The van der Waals surface area contributed by atoms with Crippen LogP contribution in [0.15, 0.2) is 12.1 Å². The van der Waals surface area contributed by atoms with Gasteiger partial charge in [0.05, 0.1) is 0 Å². The molecule has 5 heteroatoms. The zero-order valence-electron chi connectivity index (χ0n) is 14.8. The summed E-state index contributed by atoms with van der Waals surface area (Å²) in [5.74, 6) is 0. The first-order valence-electron chi connectivity index (χ1n) is 8.34. The van der Waals surface area contributed by atoms with Gasteiger partial charge in [-0.15, -0.1) is 0 Å². The second kappa shape index (κ2) is 5.39. The minimum atomic E-state index is -0.423. The van der Waals surface area contributed by atoms with E-state index in [1.54, 1.807) is 0 Å². The molecule has 0 aromatic carbocycles. The molecule has 2 aliphatic heterocycles. The van der Waals surface area contributed by atoms with Gasteiger partial charge in [-0.25, -0.2) is 4.79 Å². The van der Waals surface area contributed by atoms with Crippen molar-refractivity contribution in [2.24, 2.45) is 5.41 Å². The summed E-state index contributed by atoms with van der Waals surface area (Å²) in [6, 6.07) is 4.30. The number of rotatable bonds is 1. The van der Waals surface area contributed by atoms with E-state index in [4.69, 9.17) is 4.74 Å². The minimum Gasteiger partial charge on any atom is -0.444 e. The van der Waals surface area contributed by atoms with Crippen LogP contribution in [0.1, 0.15) is 38.6 Å². The minimum absolute atomic E-state index is 0.183. The number of ether oxygens (including phenoxy) is 1. The number of pyridine rings is 1. The highest BCUT2D eigenvalue weighted by molar-refractivity contribution is 5.69. The zero-order valence-corrected chi connectivity index (χ0v) is 14.8. The van der Waals surface area contributed by atoms with Crippen LogP contribution in [0, 0.1) is 19.3 Å². The highest BCUT2D eigenvalue weighted by Gasteiger charge is 2.50. The van der Waals surface area contributed by atoms with E-state index >= 15 is 0 Å². The van der Waals surface area contributed by atoms with Crippen molar-refractivity contribution < 1.29 is 9.53 Å². The average molecular weight is 317 g/mol. The molecule has 3 heterocycles. The maximum Gasteiger partial charge on any atom is 0.410 e. The third-order valence-corrected chi connectivity index (χ3v) is 4.57. The lowest BCUT2D eigenvalue weighted by atomic mass is 9.79. The normalized spacial score (nSPS) is 19.9. The van der Waals surface area contributed by atoms with Crippen LogP contribution in [-0.2, 0) is 4.74 Å². The molecule has 2 aliphatic rings. The molecule has 1 aromatic heterocycles. The molecule has 2 fully saturated rings. The van der Waals surface area contributed by atoms with Crippen molar-refractivity contribution in [2.45, 2.75) is 46.6 Å². The van der Waals surface area contributed by atoms with Crippen molar-refractivity contribution in [3.05, 3.63) is 23.5 Å². The van der Waals surface area contributed by atoms with E-state index in [2.05, 4.69) is 22.0 Å². The van der Waals surface area contributed by atoms with E-state index in [1.165, 1.54) is 5.69 Å². The van der Waals surface area contributed by atoms with Crippen LogP contribution in [-0.4, -0.2) is 47.8 Å². The number of carbonyl (C=O) groups excluding carboxylic acids is 1. The molecular formula is C18H27N3O2. The predicted molar refractivity (Wildman–Crippen MR) is 90.8 cm³/mol. The second-order valence-corrected chi connectivity index (χ2v) is 8.12. The van der Waals surface area contributed by atoms with Crippen molar-refractivity contribution in [3.63, 3.8) is 0 Å². The van der Waals surface area contributed by atoms with E-state index in [0.717, 1.165) is 44.0 Å². The molecule has 0 bridgehead atoms. The summed E-state index contributed by atoms with van der Waals surface area (Å²) in [5, 5.41) is 0. The highest BCUT2D eigenvalue weighted by atomic mass is 16.6. The molecule has 0 N–H and O–H groups in total. The third kappa shape index (κ3) is 3.43. The van der Waals surface area contributed by atoms with Crippen molar-refractivity contribution in [1.29, 1.82) is 0 Å². The van der Waals surface area contributed by atoms with Crippen LogP contribution >= 0.6 is 0 Å². The molecule has 126 valence electrons. The van der Waals surface area contributed by atoms with Crippen LogP contribution in [0.25, 0.3) is 0 Å². The van der Waals surface area contributed by atoms with Crippen LogP contribution in [0.2, 0.25) is 0 Å². The van der Waals surface area contributed by atoms with Crippen LogP contribution < -0.4 is 4.90 Å². The lowest BCUT2D eigenvalue weighted by molar-refractivity contribution is -0.0266.